The maximum absolute atomic E-state index is 12.4. The Morgan fingerprint density at radius 3 is 2.19 bits per heavy atom. The first-order valence-corrected chi connectivity index (χ1v) is 9.68. The summed E-state index contributed by atoms with van der Waals surface area (Å²) in [4.78, 5) is 24.5. The number of nitrogens with one attached hydrogen (secondary N) is 2. The van der Waals surface area contributed by atoms with Gasteiger partial charge in [0.05, 0.1) is 7.11 Å². The van der Waals surface area contributed by atoms with Crippen LogP contribution in [-0.2, 0) is 16.0 Å². The Labute approximate surface area is 156 Å². The Bertz CT molecular complexity index is 593. The Morgan fingerprint density at radius 2 is 1.62 bits per heavy atom. The fourth-order valence-electron chi connectivity index (χ4n) is 3.44. The van der Waals surface area contributed by atoms with Gasteiger partial charge in [0.15, 0.2) is 0 Å². The second-order valence-corrected chi connectivity index (χ2v) is 7.54. The highest BCUT2D eigenvalue weighted by Gasteiger charge is 2.29. The van der Waals surface area contributed by atoms with Crippen molar-refractivity contribution >= 4 is 11.8 Å². The van der Waals surface area contributed by atoms with Gasteiger partial charge in [-0.3, -0.25) is 9.59 Å². The SMILES string of the molecule is COc1ccccc1CCNC(=O)C1CCC(C(=O)NCC(C)C)CC1. The zero-order chi connectivity index (χ0) is 18.9. The van der Waals surface area contributed by atoms with E-state index in [0.29, 0.717) is 12.5 Å². The smallest absolute Gasteiger partial charge is 0.223 e. The number of hydrogen-bond acceptors (Lipinski definition) is 3. The van der Waals surface area contributed by atoms with Gasteiger partial charge in [-0.15, -0.1) is 0 Å². The molecule has 5 nitrogen and oxygen atoms in total. The van der Waals surface area contributed by atoms with Crippen LogP contribution in [0.3, 0.4) is 0 Å². The summed E-state index contributed by atoms with van der Waals surface area (Å²) in [5.74, 6) is 1.67. The van der Waals surface area contributed by atoms with Crippen LogP contribution in [-0.4, -0.2) is 32.0 Å². The van der Waals surface area contributed by atoms with E-state index in [4.69, 9.17) is 4.74 Å². The summed E-state index contributed by atoms with van der Waals surface area (Å²) < 4.78 is 5.34. The van der Waals surface area contributed by atoms with Gasteiger partial charge < -0.3 is 15.4 Å². The van der Waals surface area contributed by atoms with Gasteiger partial charge in [0.1, 0.15) is 5.75 Å². The molecule has 1 saturated carbocycles. The highest BCUT2D eigenvalue weighted by atomic mass is 16.5. The van der Waals surface area contributed by atoms with Crippen LogP contribution in [0.1, 0.15) is 45.1 Å². The number of rotatable bonds is 8. The normalized spacial score (nSPS) is 19.8. The maximum atomic E-state index is 12.4. The Kier molecular flexibility index (Phi) is 7.95. The van der Waals surface area contributed by atoms with E-state index in [1.165, 1.54) is 0 Å². The molecule has 1 fully saturated rings. The zero-order valence-corrected chi connectivity index (χ0v) is 16.2. The van der Waals surface area contributed by atoms with E-state index in [0.717, 1.165) is 50.0 Å². The van der Waals surface area contributed by atoms with E-state index in [1.807, 2.05) is 24.3 Å². The molecular weight excluding hydrogens is 328 g/mol. The lowest BCUT2D eigenvalue weighted by atomic mass is 9.81. The topological polar surface area (TPSA) is 67.4 Å². The van der Waals surface area contributed by atoms with Gasteiger partial charge >= 0.3 is 0 Å². The molecule has 0 atom stereocenters. The predicted octanol–water partition coefficient (Wildman–Crippen LogP) is 2.93. The van der Waals surface area contributed by atoms with E-state index < -0.39 is 0 Å². The van der Waals surface area contributed by atoms with Crippen LogP contribution in [0.4, 0.5) is 0 Å². The van der Waals surface area contributed by atoms with Crippen molar-refractivity contribution in [2.75, 3.05) is 20.2 Å². The first kappa shape index (κ1) is 20.3. The van der Waals surface area contributed by atoms with Crippen LogP contribution in [0.15, 0.2) is 24.3 Å². The second kappa shape index (κ2) is 10.2. The maximum Gasteiger partial charge on any atom is 0.223 e. The number of methoxy groups -OCH3 is 1. The average molecular weight is 360 g/mol. The number of ether oxygens (including phenoxy) is 1. The molecule has 0 spiro atoms. The van der Waals surface area contributed by atoms with Crippen LogP contribution in [0.2, 0.25) is 0 Å². The number of carbonyl (C=O) groups excluding carboxylic acids is 2. The highest BCUT2D eigenvalue weighted by molar-refractivity contribution is 5.81. The molecule has 0 unspecified atom stereocenters. The molecule has 2 amide bonds. The lowest BCUT2D eigenvalue weighted by Crippen LogP contribution is -2.38. The first-order chi connectivity index (χ1) is 12.5. The number of para-hydroxylation sites is 1. The fourth-order valence-corrected chi connectivity index (χ4v) is 3.44. The third-order valence-corrected chi connectivity index (χ3v) is 5.04. The summed E-state index contributed by atoms with van der Waals surface area (Å²) in [6.45, 7) is 5.51. The molecule has 1 aromatic rings. The molecule has 26 heavy (non-hydrogen) atoms. The molecule has 1 aliphatic carbocycles. The van der Waals surface area contributed by atoms with Gasteiger partial charge in [-0.1, -0.05) is 32.0 Å². The number of benzene rings is 1. The van der Waals surface area contributed by atoms with Crippen molar-refractivity contribution in [3.63, 3.8) is 0 Å². The largest absolute Gasteiger partial charge is 0.496 e. The van der Waals surface area contributed by atoms with Gasteiger partial charge in [0.2, 0.25) is 11.8 Å². The lowest BCUT2D eigenvalue weighted by molar-refractivity contribution is -0.130. The van der Waals surface area contributed by atoms with Crippen molar-refractivity contribution in [3.8, 4) is 5.75 Å². The van der Waals surface area contributed by atoms with E-state index in [-0.39, 0.29) is 23.7 Å². The first-order valence-electron chi connectivity index (χ1n) is 9.68. The third kappa shape index (κ3) is 6.04. The van der Waals surface area contributed by atoms with E-state index in [9.17, 15) is 9.59 Å². The molecule has 2 N–H and O–H groups in total. The van der Waals surface area contributed by atoms with Gasteiger partial charge in [0.25, 0.3) is 0 Å². The van der Waals surface area contributed by atoms with E-state index in [2.05, 4.69) is 24.5 Å². The van der Waals surface area contributed by atoms with Gasteiger partial charge in [-0.2, -0.15) is 0 Å². The highest BCUT2D eigenvalue weighted by Crippen LogP contribution is 2.29. The lowest BCUT2D eigenvalue weighted by Gasteiger charge is -2.27. The van der Waals surface area contributed by atoms with Crippen molar-refractivity contribution < 1.29 is 14.3 Å². The third-order valence-electron chi connectivity index (χ3n) is 5.04. The summed E-state index contributed by atoms with van der Waals surface area (Å²) in [6, 6.07) is 7.87. The van der Waals surface area contributed by atoms with Crippen LogP contribution in [0.25, 0.3) is 0 Å². The summed E-state index contributed by atoms with van der Waals surface area (Å²) in [5, 5.41) is 6.05. The van der Waals surface area contributed by atoms with Crippen molar-refractivity contribution in [2.24, 2.45) is 17.8 Å². The van der Waals surface area contributed by atoms with Crippen molar-refractivity contribution in [1.29, 1.82) is 0 Å². The number of amides is 2. The molecule has 0 bridgehead atoms. The van der Waals surface area contributed by atoms with Crippen LogP contribution in [0, 0.1) is 17.8 Å². The second-order valence-electron chi connectivity index (χ2n) is 7.54. The molecule has 0 radical (unpaired) electrons. The molecule has 0 heterocycles. The van der Waals surface area contributed by atoms with Crippen LogP contribution in [0.5, 0.6) is 5.75 Å². The molecule has 1 aromatic carbocycles. The number of carbonyl (C=O) groups is 2. The van der Waals surface area contributed by atoms with Gasteiger partial charge in [-0.25, -0.2) is 0 Å². The zero-order valence-electron chi connectivity index (χ0n) is 16.2. The standard InChI is InChI=1S/C21H32N2O3/c1-15(2)14-23-21(25)18-10-8-17(9-11-18)20(24)22-13-12-16-6-4-5-7-19(16)26-3/h4-7,15,17-18H,8-14H2,1-3H3,(H,22,24)(H,23,25). The molecule has 1 aliphatic rings. The average Bonchev–Trinajstić information content (AvgIpc) is 2.66. The summed E-state index contributed by atoms with van der Waals surface area (Å²) in [5.41, 5.74) is 1.10. The molecule has 2 rings (SSSR count). The molecule has 144 valence electrons. The monoisotopic (exact) mass is 360 g/mol. The summed E-state index contributed by atoms with van der Waals surface area (Å²) in [6.07, 6.45) is 3.94. The van der Waals surface area contributed by atoms with Crippen molar-refractivity contribution in [2.45, 2.75) is 46.0 Å². The minimum Gasteiger partial charge on any atom is -0.496 e. The van der Waals surface area contributed by atoms with Gasteiger partial charge in [0, 0.05) is 24.9 Å². The predicted molar refractivity (Wildman–Crippen MR) is 103 cm³/mol. The molecule has 0 aromatic heterocycles. The molecule has 0 saturated heterocycles. The summed E-state index contributed by atoms with van der Waals surface area (Å²) in [7, 11) is 1.66. The fraction of sp³-hybridized carbons (Fsp3) is 0.619. The Hall–Kier alpha value is -2.04. The minimum atomic E-state index is 0.0295. The molecule has 0 aliphatic heterocycles. The Balaban J connectivity index is 1.70. The molecule has 5 heteroatoms. The quantitative estimate of drug-likeness (QED) is 0.749. The van der Waals surface area contributed by atoms with Gasteiger partial charge in [-0.05, 0) is 49.7 Å². The van der Waals surface area contributed by atoms with E-state index >= 15 is 0 Å². The van der Waals surface area contributed by atoms with Crippen molar-refractivity contribution in [1.82, 2.24) is 10.6 Å². The summed E-state index contributed by atoms with van der Waals surface area (Å²) >= 11 is 0. The number of hydrogen-bond donors (Lipinski definition) is 2. The van der Waals surface area contributed by atoms with Crippen molar-refractivity contribution in [3.05, 3.63) is 29.8 Å². The molecular formula is C21H32N2O3. The van der Waals surface area contributed by atoms with Crippen LogP contribution >= 0.6 is 0 Å². The van der Waals surface area contributed by atoms with E-state index in [1.54, 1.807) is 7.11 Å². The minimum absolute atomic E-state index is 0.0295. The Morgan fingerprint density at radius 1 is 1.04 bits per heavy atom. The van der Waals surface area contributed by atoms with Crippen LogP contribution < -0.4 is 15.4 Å².